The van der Waals surface area contributed by atoms with Gasteiger partial charge in [0, 0.05) is 33.5 Å². The average Bonchev–Trinajstić information content (AvgIpc) is 3.59. The van der Waals surface area contributed by atoms with Crippen molar-refractivity contribution in [1.29, 1.82) is 0 Å². The Morgan fingerprint density at radius 1 is 0.315 bits per heavy atom. The predicted octanol–water partition coefficient (Wildman–Crippen LogP) is 14.4. The fraction of sp³-hybridized carbons (Fsp3) is 0. The zero-order valence-electron chi connectivity index (χ0n) is 29.7. The summed E-state index contributed by atoms with van der Waals surface area (Å²) in [5.41, 5.74) is 13.9. The van der Waals surface area contributed by atoms with Gasteiger partial charge in [-0.15, -0.1) is 0 Å². The quantitative estimate of drug-likeness (QED) is 0.162. The molecular formula is C52H36N2. The molecule has 2 nitrogen and oxygen atoms in total. The monoisotopic (exact) mass is 688 g/mol. The second-order valence-electron chi connectivity index (χ2n) is 13.8. The molecule has 9 aromatic carbocycles. The van der Waals surface area contributed by atoms with Gasteiger partial charge >= 0.3 is 0 Å². The highest BCUT2D eigenvalue weighted by Gasteiger charge is 2.19. The lowest BCUT2D eigenvalue weighted by atomic mass is 9.96. The Hall–Kier alpha value is -7.16. The number of rotatable bonds is 7. The fourth-order valence-electron chi connectivity index (χ4n) is 8.03. The van der Waals surface area contributed by atoms with E-state index in [1.807, 2.05) is 0 Å². The van der Waals surface area contributed by atoms with Crippen LogP contribution in [0, 0.1) is 0 Å². The van der Waals surface area contributed by atoms with Gasteiger partial charge < -0.3 is 9.47 Å². The van der Waals surface area contributed by atoms with Crippen LogP contribution in [0.5, 0.6) is 0 Å². The van der Waals surface area contributed by atoms with Crippen molar-refractivity contribution in [3.63, 3.8) is 0 Å². The first-order valence-corrected chi connectivity index (χ1v) is 18.5. The van der Waals surface area contributed by atoms with E-state index in [-0.39, 0.29) is 0 Å². The van der Waals surface area contributed by atoms with Crippen LogP contribution < -0.4 is 4.90 Å². The minimum absolute atomic E-state index is 1.09. The number of fused-ring (bicyclic) bond motifs is 4. The lowest BCUT2D eigenvalue weighted by Gasteiger charge is -2.28. The molecule has 1 heterocycles. The van der Waals surface area contributed by atoms with Gasteiger partial charge in [0.2, 0.25) is 0 Å². The standard InChI is InChI=1S/C52H36N2/c1-4-16-37(17-5-1)42-32-43(38-18-6-2-7-19-38)36-47(35-42)53(46-31-30-39-20-10-11-21-40(39)33-46)45-25-14-22-41(34-45)48-27-15-29-51-52(48)49-26-12-13-28-50(49)54(51)44-23-8-3-9-24-44/h1-36H. The van der Waals surface area contributed by atoms with E-state index in [4.69, 9.17) is 0 Å². The van der Waals surface area contributed by atoms with Gasteiger partial charge in [0.1, 0.15) is 0 Å². The van der Waals surface area contributed by atoms with Gasteiger partial charge in [0.05, 0.1) is 11.0 Å². The summed E-state index contributed by atoms with van der Waals surface area (Å²) in [6.07, 6.45) is 0. The molecule has 1 aromatic heterocycles. The summed E-state index contributed by atoms with van der Waals surface area (Å²) in [4.78, 5) is 2.42. The number of nitrogens with zero attached hydrogens (tertiary/aromatic N) is 2. The number of hydrogen-bond donors (Lipinski definition) is 0. The summed E-state index contributed by atoms with van der Waals surface area (Å²) in [6.45, 7) is 0. The fourth-order valence-corrected chi connectivity index (χ4v) is 8.03. The van der Waals surface area contributed by atoms with Gasteiger partial charge in [-0.05, 0) is 111 Å². The van der Waals surface area contributed by atoms with Crippen LogP contribution in [0.1, 0.15) is 0 Å². The smallest absolute Gasteiger partial charge is 0.0547 e. The SMILES string of the molecule is c1ccc(-c2cc(-c3ccccc3)cc(N(c3cccc(-c4cccc5c4c4ccccc4n5-c4ccccc4)c3)c3ccc4ccccc4c3)c2)cc1. The van der Waals surface area contributed by atoms with E-state index in [9.17, 15) is 0 Å². The van der Waals surface area contributed by atoms with Crippen LogP contribution in [0.25, 0.3) is 71.6 Å². The van der Waals surface area contributed by atoms with Gasteiger partial charge in [0.25, 0.3) is 0 Å². The van der Waals surface area contributed by atoms with E-state index in [1.54, 1.807) is 0 Å². The molecule has 0 radical (unpaired) electrons. The van der Waals surface area contributed by atoms with Crippen molar-refractivity contribution in [3.8, 4) is 39.1 Å². The molecule has 10 aromatic rings. The molecule has 0 aliphatic carbocycles. The molecule has 254 valence electrons. The molecule has 0 aliphatic heterocycles. The molecule has 0 unspecified atom stereocenters. The minimum atomic E-state index is 1.09. The summed E-state index contributed by atoms with van der Waals surface area (Å²) in [7, 11) is 0. The van der Waals surface area contributed by atoms with E-state index in [0.717, 1.165) is 22.7 Å². The zero-order valence-corrected chi connectivity index (χ0v) is 29.7. The molecule has 0 saturated heterocycles. The second-order valence-corrected chi connectivity index (χ2v) is 13.8. The highest BCUT2D eigenvalue weighted by atomic mass is 15.1. The van der Waals surface area contributed by atoms with Gasteiger partial charge in [-0.25, -0.2) is 0 Å². The maximum atomic E-state index is 2.42. The summed E-state index contributed by atoms with van der Waals surface area (Å²) in [5.74, 6) is 0. The Balaban J connectivity index is 1.21. The molecule has 54 heavy (non-hydrogen) atoms. The lowest BCUT2D eigenvalue weighted by molar-refractivity contribution is 1.18. The van der Waals surface area contributed by atoms with Gasteiger partial charge in [-0.1, -0.05) is 152 Å². The highest BCUT2D eigenvalue weighted by molar-refractivity contribution is 6.16. The predicted molar refractivity (Wildman–Crippen MR) is 229 cm³/mol. The molecule has 10 rings (SSSR count). The summed E-state index contributed by atoms with van der Waals surface area (Å²) in [5, 5.41) is 4.92. The zero-order chi connectivity index (χ0) is 35.8. The largest absolute Gasteiger partial charge is 0.310 e. The third kappa shape index (κ3) is 5.62. The Morgan fingerprint density at radius 3 is 1.61 bits per heavy atom. The average molecular weight is 689 g/mol. The first-order valence-electron chi connectivity index (χ1n) is 18.5. The van der Waals surface area contributed by atoms with Crippen molar-refractivity contribution in [2.45, 2.75) is 0 Å². The second kappa shape index (κ2) is 13.4. The highest BCUT2D eigenvalue weighted by Crippen LogP contribution is 2.43. The van der Waals surface area contributed by atoms with Crippen LogP contribution in [0.2, 0.25) is 0 Å². The Bertz CT molecular complexity index is 2870. The maximum absolute atomic E-state index is 2.42. The Morgan fingerprint density at radius 2 is 0.870 bits per heavy atom. The van der Waals surface area contributed by atoms with E-state index in [2.05, 4.69) is 228 Å². The Labute approximate surface area is 315 Å². The van der Waals surface area contributed by atoms with Crippen molar-refractivity contribution >= 4 is 49.6 Å². The molecule has 0 fully saturated rings. The van der Waals surface area contributed by atoms with E-state index >= 15 is 0 Å². The van der Waals surface area contributed by atoms with Crippen LogP contribution in [-0.4, -0.2) is 4.57 Å². The minimum Gasteiger partial charge on any atom is -0.310 e. The topological polar surface area (TPSA) is 8.17 Å². The molecule has 0 aliphatic rings. The third-order valence-electron chi connectivity index (χ3n) is 10.5. The normalized spacial score (nSPS) is 11.3. The van der Waals surface area contributed by atoms with E-state index in [1.165, 1.54) is 66.0 Å². The summed E-state index contributed by atoms with van der Waals surface area (Å²) >= 11 is 0. The number of para-hydroxylation sites is 2. The van der Waals surface area contributed by atoms with Crippen LogP contribution in [0.3, 0.4) is 0 Å². The van der Waals surface area contributed by atoms with Crippen LogP contribution in [-0.2, 0) is 0 Å². The number of anilines is 3. The van der Waals surface area contributed by atoms with Crippen molar-refractivity contribution < 1.29 is 0 Å². The number of hydrogen-bond acceptors (Lipinski definition) is 1. The number of benzene rings is 9. The number of aromatic nitrogens is 1. The molecular weight excluding hydrogens is 653 g/mol. The van der Waals surface area contributed by atoms with Gasteiger partial charge in [-0.3, -0.25) is 0 Å². The van der Waals surface area contributed by atoms with E-state index in [0.29, 0.717) is 0 Å². The Kier molecular flexibility index (Phi) is 7.85. The van der Waals surface area contributed by atoms with Crippen molar-refractivity contribution in [1.82, 2.24) is 4.57 Å². The van der Waals surface area contributed by atoms with Crippen LogP contribution in [0.15, 0.2) is 218 Å². The van der Waals surface area contributed by atoms with Gasteiger partial charge in [0.15, 0.2) is 0 Å². The molecule has 0 N–H and O–H groups in total. The first-order chi connectivity index (χ1) is 26.8. The molecule has 2 heteroatoms. The summed E-state index contributed by atoms with van der Waals surface area (Å²) < 4.78 is 2.39. The van der Waals surface area contributed by atoms with Crippen molar-refractivity contribution in [3.05, 3.63) is 218 Å². The molecule has 0 atom stereocenters. The van der Waals surface area contributed by atoms with Crippen LogP contribution >= 0.6 is 0 Å². The molecule has 0 saturated carbocycles. The third-order valence-corrected chi connectivity index (χ3v) is 10.5. The maximum Gasteiger partial charge on any atom is 0.0547 e. The van der Waals surface area contributed by atoms with Crippen molar-refractivity contribution in [2.24, 2.45) is 0 Å². The van der Waals surface area contributed by atoms with E-state index < -0.39 is 0 Å². The van der Waals surface area contributed by atoms with Crippen LogP contribution in [0.4, 0.5) is 17.1 Å². The van der Waals surface area contributed by atoms with Gasteiger partial charge in [-0.2, -0.15) is 0 Å². The summed E-state index contributed by atoms with van der Waals surface area (Å²) in [6, 6.07) is 79.0. The molecule has 0 bridgehead atoms. The van der Waals surface area contributed by atoms with Crippen molar-refractivity contribution in [2.75, 3.05) is 4.90 Å². The molecule has 0 amide bonds. The lowest BCUT2D eigenvalue weighted by Crippen LogP contribution is -2.10. The molecule has 0 spiro atoms. The first kappa shape index (κ1) is 31.6.